The Morgan fingerprint density at radius 2 is 2.07 bits per heavy atom. The highest BCUT2D eigenvalue weighted by Crippen LogP contribution is 2.61. The van der Waals surface area contributed by atoms with Crippen LogP contribution in [-0.4, -0.2) is 5.92 Å². The molecule has 1 aliphatic rings. The van der Waals surface area contributed by atoms with Gasteiger partial charge < -0.3 is 0 Å². The number of hydrogen-bond donors (Lipinski definition) is 0. The molecule has 1 unspecified atom stereocenters. The molecule has 4 heteroatoms. The van der Waals surface area contributed by atoms with Crippen molar-refractivity contribution in [3.8, 4) is 6.07 Å². The van der Waals surface area contributed by atoms with E-state index in [0.29, 0.717) is 10.0 Å². The lowest BCUT2D eigenvalue weighted by molar-refractivity contribution is 0.0996. The summed E-state index contributed by atoms with van der Waals surface area (Å²) in [6, 6.07) is 8.26. The number of benzene rings is 1. The van der Waals surface area contributed by atoms with E-state index in [0.717, 1.165) is 0 Å². The van der Waals surface area contributed by atoms with Crippen molar-refractivity contribution in [3.63, 3.8) is 0 Å². The zero-order chi connectivity index (χ0) is 10.4. The second kappa shape index (κ2) is 2.77. The molecule has 1 fully saturated rings. The highest BCUT2D eigenvalue weighted by atomic mass is 79.9. The van der Waals surface area contributed by atoms with E-state index in [1.54, 1.807) is 30.3 Å². The fourth-order valence-electron chi connectivity index (χ4n) is 1.54. The summed E-state index contributed by atoms with van der Waals surface area (Å²) < 4.78 is 26.8. The van der Waals surface area contributed by atoms with Crippen LogP contribution in [0.2, 0.25) is 0 Å². The summed E-state index contributed by atoms with van der Waals surface area (Å²) in [4.78, 5) is 0. The Hall–Kier alpha value is -0.950. The summed E-state index contributed by atoms with van der Waals surface area (Å²) in [5.41, 5.74) is -1.20. The molecule has 0 spiro atoms. The van der Waals surface area contributed by atoms with Crippen molar-refractivity contribution in [1.29, 1.82) is 5.26 Å². The lowest BCUT2D eigenvalue weighted by atomic mass is 9.97. The van der Waals surface area contributed by atoms with Crippen LogP contribution < -0.4 is 0 Å². The maximum absolute atomic E-state index is 13.0. The zero-order valence-corrected chi connectivity index (χ0v) is 8.68. The molecule has 0 radical (unpaired) electrons. The summed E-state index contributed by atoms with van der Waals surface area (Å²) >= 11 is 3.19. The van der Waals surface area contributed by atoms with Gasteiger partial charge in [-0.1, -0.05) is 28.1 Å². The van der Waals surface area contributed by atoms with Crippen LogP contribution in [0.3, 0.4) is 0 Å². The van der Waals surface area contributed by atoms with E-state index >= 15 is 0 Å². The fourth-order valence-corrected chi connectivity index (χ4v) is 1.94. The second-order valence-electron chi connectivity index (χ2n) is 3.41. The Balaban J connectivity index is 2.47. The molecule has 1 atom stereocenters. The standard InChI is InChI=1S/C10H6BrF2N/c11-8-3-1-2-7(4-8)9(6-14)5-10(9,12)13/h1-4H,5H2. The van der Waals surface area contributed by atoms with Gasteiger partial charge in [-0.3, -0.25) is 0 Å². The Morgan fingerprint density at radius 3 is 2.50 bits per heavy atom. The summed E-state index contributed by atoms with van der Waals surface area (Å²) in [6.45, 7) is 0. The fraction of sp³-hybridized carbons (Fsp3) is 0.300. The molecule has 1 aromatic carbocycles. The molecule has 0 aromatic heterocycles. The minimum absolute atomic E-state index is 0.368. The van der Waals surface area contributed by atoms with Gasteiger partial charge in [0.15, 0.2) is 5.41 Å². The van der Waals surface area contributed by atoms with Crippen LogP contribution >= 0.6 is 15.9 Å². The predicted octanol–water partition coefficient (Wildman–Crippen LogP) is 3.25. The van der Waals surface area contributed by atoms with Crippen molar-refractivity contribution in [2.45, 2.75) is 17.8 Å². The maximum atomic E-state index is 13.0. The van der Waals surface area contributed by atoms with Crippen molar-refractivity contribution in [2.75, 3.05) is 0 Å². The third kappa shape index (κ3) is 1.16. The predicted molar refractivity (Wildman–Crippen MR) is 51.0 cm³/mol. The molecule has 1 aliphatic carbocycles. The van der Waals surface area contributed by atoms with Crippen LogP contribution in [0.4, 0.5) is 8.78 Å². The van der Waals surface area contributed by atoms with Gasteiger partial charge in [0.1, 0.15) is 0 Å². The van der Waals surface area contributed by atoms with E-state index < -0.39 is 11.3 Å². The largest absolute Gasteiger partial charge is 0.272 e. The number of hydrogen-bond acceptors (Lipinski definition) is 1. The number of nitriles is 1. The number of halogens is 3. The molecule has 0 N–H and O–H groups in total. The quantitative estimate of drug-likeness (QED) is 0.758. The number of nitrogens with zero attached hydrogens (tertiary/aromatic N) is 1. The van der Waals surface area contributed by atoms with E-state index in [4.69, 9.17) is 5.26 Å². The Kier molecular flexibility index (Phi) is 1.90. The first-order valence-electron chi connectivity index (χ1n) is 4.07. The first-order valence-corrected chi connectivity index (χ1v) is 4.86. The van der Waals surface area contributed by atoms with E-state index in [9.17, 15) is 8.78 Å². The third-order valence-corrected chi connectivity index (χ3v) is 2.99. The van der Waals surface area contributed by atoms with Crippen LogP contribution in [-0.2, 0) is 5.41 Å². The number of alkyl halides is 2. The highest BCUT2D eigenvalue weighted by molar-refractivity contribution is 9.10. The Morgan fingerprint density at radius 1 is 1.43 bits per heavy atom. The highest BCUT2D eigenvalue weighted by Gasteiger charge is 2.73. The molecule has 14 heavy (non-hydrogen) atoms. The van der Waals surface area contributed by atoms with Gasteiger partial charge in [-0.05, 0) is 17.7 Å². The van der Waals surface area contributed by atoms with Crippen molar-refractivity contribution in [2.24, 2.45) is 0 Å². The van der Waals surface area contributed by atoms with Crippen LogP contribution in [0.15, 0.2) is 28.7 Å². The minimum atomic E-state index is -2.87. The van der Waals surface area contributed by atoms with E-state index in [1.165, 1.54) is 0 Å². The van der Waals surface area contributed by atoms with Crippen molar-refractivity contribution < 1.29 is 8.78 Å². The molecule has 2 rings (SSSR count). The van der Waals surface area contributed by atoms with Crippen molar-refractivity contribution in [1.82, 2.24) is 0 Å². The average Bonchev–Trinajstić information content (AvgIpc) is 2.70. The summed E-state index contributed by atoms with van der Waals surface area (Å²) in [5.74, 6) is -2.87. The second-order valence-corrected chi connectivity index (χ2v) is 4.32. The monoisotopic (exact) mass is 257 g/mol. The first kappa shape index (κ1) is 9.60. The minimum Gasteiger partial charge on any atom is -0.205 e. The van der Waals surface area contributed by atoms with Gasteiger partial charge in [0.2, 0.25) is 0 Å². The number of rotatable bonds is 1. The molecule has 1 nitrogen and oxygen atoms in total. The average molecular weight is 258 g/mol. The Bertz CT molecular complexity index is 424. The van der Waals surface area contributed by atoms with Gasteiger partial charge in [0, 0.05) is 10.9 Å². The normalized spacial score (nSPS) is 28.1. The van der Waals surface area contributed by atoms with E-state index in [-0.39, 0.29) is 6.42 Å². The molecular weight excluding hydrogens is 252 g/mol. The SMILES string of the molecule is N#CC1(c2cccc(Br)c2)CC1(F)F. The van der Waals surface area contributed by atoms with Gasteiger partial charge >= 0.3 is 0 Å². The van der Waals surface area contributed by atoms with Crippen LogP contribution in [0, 0.1) is 11.3 Å². The van der Waals surface area contributed by atoms with Crippen LogP contribution in [0.5, 0.6) is 0 Å². The maximum Gasteiger partial charge on any atom is 0.272 e. The third-order valence-electron chi connectivity index (χ3n) is 2.49. The molecule has 0 aliphatic heterocycles. The summed E-state index contributed by atoms with van der Waals surface area (Å²) in [5, 5.41) is 8.79. The molecular formula is C10H6BrF2N. The van der Waals surface area contributed by atoms with Crippen LogP contribution in [0.1, 0.15) is 12.0 Å². The molecule has 0 saturated heterocycles. The first-order chi connectivity index (χ1) is 6.52. The van der Waals surface area contributed by atoms with Gasteiger partial charge in [-0.15, -0.1) is 0 Å². The Labute approximate surface area is 88.5 Å². The zero-order valence-electron chi connectivity index (χ0n) is 7.10. The molecule has 1 aromatic rings. The molecule has 0 heterocycles. The van der Waals surface area contributed by atoms with Gasteiger partial charge in [0.25, 0.3) is 5.92 Å². The van der Waals surface area contributed by atoms with Gasteiger partial charge in [-0.25, -0.2) is 8.78 Å². The molecule has 72 valence electrons. The van der Waals surface area contributed by atoms with E-state index in [2.05, 4.69) is 15.9 Å². The van der Waals surface area contributed by atoms with Crippen LogP contribution in [0.25, 0.3) is 0 Å². The van der Waals surface area contributed by atoms with Crippen molar-refractivity contribution in [3.05, 3.63) is 34.3 Å². The lowest BCUT2D eigenvalue weighted by Gasteiger charge is -2.07. The molecule has 1 saturated carbocycles. The lowest BCUT2D eigenvalue weighted by Crippen LogP contribution is -2.13. The van der Waals surface area contributed by atoms with Gasteiger partial charge in [0.05, 0.1) is 6.07 Å². The summed E-state index contributed by atoms with van der Waals surface area (Å²) in [6.07, 6.45) is -0.368. The van der Waals surface area contributed by atoms with Crippen molar-refractivity contribution >= 4 is 15.9 Å². The van der Waals surface area contributed by atoms with E-state index in [1.807, 2.05) is 0 Å². The summed E-state index contributed by atoms with van der Waals surface area (Å²) in [7, 11) is 0. The smallest absolute Gasteiger partial charge is 0.205 e. The topological polar surface area (TPSA) is 23.8 Å². The van der Waals surface area contributed by atoms with Gasteiger partial charge in [-0.2, -0.15) is 5.26 Å². The molecule has 0 amide bonds. The molecule has 0 bridgehead atoms.